The highest BCUT2D eigenvalue weighted by atomic mass is 35.5. The first-order valence-corrected chi connectivity index (χ1v) is 12.9. The molecule has 1 N–H and O–H groups in total. The summed E-state index contributed by atoms with van der Waals surface area (Å²) in [5.74, 6) is -1.14. The van der Waals surface area contributed by atoms with Crippen molar-refractivity contribution in [3.05, 3.63) is 88.5 Å². The van der Waals surface area contributed by atoms with E-state index in [1.54, 1.807) is 42.5 Å². The summed E-state index contributed by atoms with van der Waals surface area (Å²) in [4.78, 5) is 34.8. The molecule has 1 unspecified atom stereocenters. The van der Waals surface area contributed by atoms with E-state index in [0.29, 0.717) is 39.2 Å². The zero-order valence-corrected chi connectivity index (χ0v) is 22.0. The van der Waals surface area contributed by atoms with Gasteiger partial charge in [-0.25, -0.2) is 4.98 Å². The fraction of sp³-hybridized carbons (Fsp3) is 0.179. The first-order chi connectivity index (χ1) is 17.8. The summed E-state index contributed by atoms with van der Waals surface area (Å²) in [7, 11) is 3.86. The van der Waals surface area contributed by atoms with Gasteiger partial charge in [0.25, 0.3) is 5.78 Å². The molecule has 0 saturated carbocycles. The Bertz CT molecular complexity index is 1530. The zero-order chi connectivity index (χ0) is 26.3. The van der Waals surface area contributed by atoms with E-state index in [9.17, 15) is 14.7 Å². The lowest BCUT2D eigenvalue weighted by Crippen LogP contribution is -2.29. The van der Waals surface area contributed by atoms with E-state index >= 15 is 0 Å². The van der Waals surface area contributed by atoms with Gasteiger partial charge in [0.05, 0.1) is 28.4 Å². The van der Waals surface area contributed by atoms with Crippen molar-refractivity contribution in [1.29, 1.82) is 0 Å². The molecule has 0 aliphatic carbocycles. The zero-order valence-electron chi connectivity index (χ0n) is 20.4. The van der Waals surface area contributed by atoms with Gasteiger partial charge in [-0.05, 0) is 67.1 Å². The Morgan fingerprint density at radius 1 is 1.08 bits per heavy atom. The number of benzene rings is 3. The Hall–Kier alpha value is -3.88. The minimum Gasteiger partial charge on any atom is -0.507 e. The van der Waals surface area contributed by atoms with Crippen LogP contribution in [0, 0.1) is 0 Å². The molecule has 7 nitrogen and oxygen atoms in total. The van der Waals surface area contributed by atoms with Crippen LogP contribution < -0.4 is 14.5 Å². The van der Waals surface area contributed by atoms with Crippen LogP contribution in [-0.4, -0.2) is 42.5 Å². The summed E-state index contributed by atoms with van der Waals surface area (Å²) in [6.07, 6.45) is 0. The maximum Gasteiger partial charge on any atom is 0.301 e. The molecule has 1 aliphatic heterocycles. The topological polar surface area (TPSA) is 83.0 Å². The van der Waals surface area contributed by atoms with Crippen LogP contribution in [-0.2, 0) is 9.59 Å². The molecule has 0 radical (unpaired) electrons. The van der Waals surface area contributed by atoms with Gasteiger partial charge in [-0.1, -0.05) is 35.1 Å². The van der Waals surface area contributed by atoms with Gasteiger partial charge < -0.3 is 14.7 Å². The summed E-state index contributed by atoms with van der Waals surface area (Å²) >= 11 is 7.42. The number of rotatable bonds is 6. The second-order valence-corrected chi connectivity index (χ2v) is 10.2. The van der Waals surface area contributed by atoms with Crippen LogP contribution >= 0.6 is 22.9 Å². The second kappa shape index (κ2) is 9.88. The number of aliphatic hydroxyl groups is 1. The first-order valence-electron chi connectivity index (χ1n) is 11.7. The molecule has 188 valence electrons. The third kappa shape index (κ3) is 4.54. The molecule has 37 heavy (non-hydrogen) atoms. The van der Waals surface area contributed by atoms with Crippen LogP contribution in [0.1, 0.15) is 24.1 Å². The number of carbonyl (C=O) groups is 2. The molecule has 1 aromatic heterocycles. The van der Waals surface area contributed by atoms with Crippen molar-refractivity contribution in [2.24, 2.45) is 0 Å². The largest absolute Gasteiger partial charge is 0.507 e. The van der Waals surface area contributed by atoms with Crippen LogP contribution in [0.2, 0.25) is 5.02 Å². The third-order valence-corrected chi connectivity index (χ3v) is 7.41. The van der Waals surface area contributed by atoms with E-state index in [2.05, 4.69) is 4.98 Å². The van der Waals surface area contributed by atoms with E-state index in [-0.39, 0.29) is 11.3 Å². The summed E-state index contributed by atoms with van der Waals surface area (Å²) in [6.45, 7) is 2.39. The smallest absolute Gasteiger partial charge is 0.301 e. The number of aliphatic hydroxyl groups excluding tert-OH is 1. The lowest BCUT2D eigenvalue weighted by molar-refractivity contribution is -0.132. The van der Waals surface area contributed by atoms with Gasteiger partial charge in [0.1, 0.15) is 11.5 Å². The number of hydrogen-bond acceptors (Lipinski definition) is 7. The number of hydrogen-bond donors (Lipinski definition) is 1. The van der Waals surface area contributed by atoms with Gasteiger partial charge in [-0.2, -0.15) is 0 Å². The standard InChI is InChI=1S/C28H24ClN3O4S/c1-4-36-20-12-7-17(8-13-20)25(33)23-24(16-5-10-19(11-6-16)31(2)3)32(27(35)26(23)34)28-30-21-14-9-18(29)15-22(21)37-28/h5-15,24,33H,4H2,1-3H3/b25-23+. The molecule has 1 atom stereocenters. The van der Waals surface area contributed by atoms with Crippen molar-refractivity contribution in [1.82, 2.24) is 4.98 Å². The summed E-state index contributed by atoms with van der Waals surface area (Å²) in [5.41, 5.74) is 2.72. The molecule has 2 heterocycles. The Labute approximate surface area is 223 Å². The number of amides is 1. The van der Waals surface area contributed by atoms with Gasteiger partial charge in [0.2, 0.25) is 0 Å². The molecular formula is C28H24ClN3O4S. The molecular weight excluding hydrogens is 510 g/mol. The fourth-order valence-corrected chi connectivity index (χ4v) is 5.59. The van der Waals surface area contributed by atoms with Crippen molar-refractivity contribution in [2.75, 3.05) is 30.5 Å². The van der Waals surface area contributed by atoms with Crippen LogP contribution in [0.4, 0.5) is 10.8 Å². The van der Waals surface area contributed by atoms with Gasteiger partial charge in [-0.15, -0.1) is 0 Å². The predicted molar refractivity (Wildman–Crippen MR) is 148 cm³/mol. The van der Waals surface area contributed by atoms with E-state index in [0.717, 1.165) is 10.4 Å². The number of carbonyl (C=O) groups excluding carboxylic acids is 2. The second-order valence-electron chi connectivity index (χ2n) is 8.72. The maximum atomic E-state index is 13.4. The van der Waals surface area contributed by atoms with Crippen LogP contribution in [0.25, 0.3) is 16.0 Å². The predicted octanol–water partition coefficient (Wildman–Crippen LogP) is 6.04. The van der Waals surface area contributed by atoms with Crippen molar-refractivity contribution < 1.29 is 19.4 Å². The van der Waals surface area contributed by atoms with Crippen molar-refractivity contribution in [3.63, 3.8) is 0 Å². The average molecular weight is 534 g/mol. The molecule has 1 fully saturated rings. The molecule has 4 aromatic rings. The Balaban J connectivity index is 1.68. The molecule has 1 saturated heterocycles. The van der Waals surface area contributed by atoms with Crippen LogP contribution in [0.3, 0.4) is 0 Å². The number of Topliss-reactive ketones (excluding diaryl/α,β-unsaturated/α-hetero) is 1. The number of ketones is 1. The normalized spacial score (nSPS) is 17.0. The quantitative estimate of drug-likeness (QED) is 0.185. The Kier molecular flexibility index (Phi) is 6.62. The van der Waals surface area contributed by atoms with E-state index < -0.39 is 17.7 Å². The number of anilines is 2. The summed E-state index contributed by atoms with van der Waals surface area (Å²) in [5, 5.41) is 12.2. The third-order valence-electron chi connectivity index (χ3n) is 6.15. The molecule has 3 aromatic carbocycles. The first kappa shape index (κ1) is 24.8. The Morgan fingerprint density at radius 2 is 1.78 bits per heavy atom. The minimum absolute atomic E-state index is 0.00375. The highest BCUT2D eigenvalue weighted by Crippen LogP contribution is 2.44. The summed E-state index contributed by atoms with van der Waals surface area (Å²) in [6, 6.07) is 18.7. The number of aromatic nitrogens is 1. The van der Waals surface area contributed by atoms with Crippen LogP contribution in [0.15, 0.2) is 72.3 Å². The number of nitrogens with zero attached hydrogens (tertiary/aromatic N) is 3. The van der Waals surface area contributed by atoms with Gasteiger partial charge in [0, 0.05) is 30.4 Å². The minimum atomic E-state index is -0.862. The molecule has 1 amide bonds. The lowest BCUT2D eigenvalue weighted by Gasteiger charge is -2.23. The molecule has 0 bridgehead atoms. The van der Waals surface area contributed by atoms with Gasteiger partial charge in [0.15, 0.2) is 5.13 Å². The Morgan fingerprint density at radius 3 is 2.43 bits per heavy atom. The SMILES string of the molecule is CCOc1ccc(/C(O)=C2\C(=O)C(=O)N(c3nc4ccc(Cl)cc4s3)C2c2ccc(N(C)C)cc2)cc1. The van der Waals surface area contributed by atoms with E-state index in [1.165, 1.54) is 16.2 Å². The number of halogens is 1. The van der Waals surface area contributed by atoms with Crippen molar-refractivity contribution >= 4 is 61.4 Å². The molecule has 5 rings (SSSR count). The lowest BCUT2D eigenvalue weighted by atomic mass is 9.95. The fourth-order valence-electron chi connectivity index (χ4n) is 4.32. The molecule has 1 aliphatic rings. The number of fused-ring (bicyclic) bond motifs is 1. The van der Waals surface area contributed by atoms with Crippen molar-refractivity contribution in [2.45, 2.75) is 13.0 Å². The number of thiazole rings is 1. The average Bonchev–Trinajstić information content (AvgIpc) is 3.42. The monoisotopic (exact) mass is 533 g/mol. The molecule has 9 heteroatoms. The highest BCUT2D eigenvalue weighted by molar-refractivity contribution is 7.22. The highest BCUT2D eigenvalue weighted by Gasteiger charge is 2.48. The van der Waals surface area contributed by atoms with E-state index in [1.807, 2.05) is 50.2 Å². The summed E-state index contributed by atoms with van der Waals surface area (Å²) < 4.78 is 6.28. The van der Waals surface area contributed by atoms with E-state index in [4.69, 9.17) is 16.3 Å². The van der Waals surface area contributed by atoms with Crippen LogP contribution in [0.5, 0.6) is 5.75 Å². The van der Waals surface area contributed by atoms with Gasteiger partial charge in [-0.3, -0.25) is 14.5 Å². The number of ether oxygens (including phenoxy) is 1. The van der Waals surface area contributed by atoms with Crippen molar-refractivity contribution in [3.8, 4) is 5.75 Å². The van der Waals surface area contributed by atoms with Gasteiger partial charge >= 0.3 is 5.91 Å². The molecule has 0 spiro atoms. The maximum absolute atomic E-state index is 13.4.